The van der Waals surface area contributed by atoms with Gasteiger partial charge in [0.1, 0.15) is 5.82 Å². The largest absolute Gasteiger partial charge is 0.262 e. The number of rotatable bonds is 2. The van der Waals surface area contributed by atoms with Crippen LogP contribution in [0.25, 0.3) is 10.9 Å². The van der Waals surface area contributed by atoms with Crippen LogP contribution in [0.2, 0.25) is 0 Å². The zero-order chi connectivity index (χ0) is 9.97. The van der Waals surface area contributed by atoms with Gasteiger partial charge in [-0.25, -0.2) is 9.97 Å². The van der Waals surface area contributed by atoms with Crippen LogP contribution in [0.1, 0.15) is 25.4 Å². The van der Waals surface area contributed by atoms with Crippen LogP contribution in [-0.4, -0.2) is 15.0 Å². The normalized spacial score (nSPS) is 10.7. The second kappa shape index (κ2) is 3.70. The summed E-state index contributed by atoms with van der Waals surface area (Å²) in [7, 11) is 0. The van der Waals surface area contributed by atoms with Gasteiger partial charge in [0.05, 0.1) is 17.4 Å². The number of aryl methyl sites for hydroxylation is 2. The monoisotopic (exact) mass is 187 g/mol. The first-order valence-corrected chi connectivity index (χ1v) is 4.94. The third-order valence-corrected chi connectivity index (χ3v) is 2.28. The van der Waals surface area contributed by atoms with Gasteiger partial charge in [-0.2, -0.15) is 0 Å². The molecule has 0 amide bonds. The maximum atomic E-state index is 4.50. The smallest absolute Gasteiger partial charge is 0.129 e. The molecule has 0 atom stereocenters. The van der Waals surface area contributed by atoms with E-state index >= 15 is 0 Å². The van der Waals surface area contributed by atoms with Gasteiger partial charge in [0.2, 0.25) is 0 Å². The molecule has 0 aliphatic carbocycles. The Kier molecular flexibility index (Phi) is 2.39. The number of hydrogen-bond donors (Lipinski definition) is 0. The Labute approximate surface area is 83.2 Å². The topological polar surface area (TPSA) is 38.7 Å². The van der Waals surface area contributed by atoms with Gasteiger partial charge in [0.15, 0.2) is 0 Å². The number of fused-ring (bicyclic) bond motifs is 1. The Hall–Kier alpha value is -1.51. The van der Waals surface area contributed by atoms with Crippen molar-refractivity contribution < 1.29 is 0 Å². The molecule has 2 aromatic rings. The van der Waals surface area contributed by atoms with E-state index in [1.165, 1.54) is 0 Å². The number of aromatic nitrogens is 3. The quantitative estimate of drug-likeness (QED) is 0.723. The van der Waals surface area contributed by atoms with Crippen molar-refractivity contribution in [1.82, 2.24) is 15.0 Å². The molecule has 0 aromatic carbocycles. The lowest BCUT2D eigenvalue weighted by molar-refractivity contribution is 0.910. The van der Waals surface area contributed by atoms with Gasteiger partial charge in [-0.15, -0.1) is 0 Å². The highest BCUT2D eigenvalue weighted by Crippen LogP contribution is 2.14. The second-order valence-corrected chi connectivity index (χ2v) is 3.19. The Morgan fingerprint density at radius 2 is 2.00 bits per heavy atom. The summed E-state index contributed by atoms with van der Waals surface area (Å²) >= 11 is 0. The Morgan fingerprint density at radius 1 is 1.14 bits per heavy atom. The molecule has 14 heavy (non-hydrogen) atoms. The lowest BCUT2D eigenvalue weighted by atomic mass is 10.2. The summed E-state index contributed by atoms with van der Waals surface area (Å²) in [5, 5.41) is 1.12. The third kappa shape index (κ3) is 1.45. The fraction of sp³-hybridized carbons (Fsp3) is 0.364. The highest BCUT2D eigenvalue weighted by atomic mass is 14.9. The first-order valence-electron chi connectivity index (χ1n) is 4.94. The van der Waals surface area contributed by atoms with E-state index in [9.17, 15) is 0 Å². The molecule has 2 rings (SSSR count). The van der Waals surface area contributed by atoms with Crippen molar-refractivity contribution in [2.75, 3.05) is 0 Å². The molecule has 2 aromatic heterocycles. The van der Waals surface area contributed by atoms with Crippen molar-refractivity contribution in [3.05, 3.63) is 30.0 Å². The third-order valence-electron chi connectivity index (χ3n) is 2.28. The summed E-state index contributed by atoms with van der Waals surface area (Å²) in [5.41, 5.74) is 2.07. The van der Waals surface area contributed by atoms with E-state index in [2.05, 4.69) is 28.8 Å². The highest BCUT2D eigenvalue weighted by Gasteiger charge is 2.04. The van der Waals surface area contributed by atoms with Gasteiger partial charge in [0.25, 0.3) is 0 Å². The van der Waals surface area contributed by atoms with Crippen molar-refractivity contribution in [3.63, 3.8) is 0 Å². The molecular weight excluding hydrogens is 174 g/mol. The van der Waals surface area contributed by atoms with E-state index < -0.39 is 0 Å². The van der Waals surface area contributed by atoms with Gasteiger partial charge in [-0.05, 0) is 12.5 Å². The second-order valence-electron chi connectivity index (χ2n) is 3.19. The highest BCUT2D eigenvalue weighted by molar-refractivity contribution is 5.79. The number of pyridine rings is 1. The molecule has 0 aliphatic rings. The first-order chi connectivity index (χ1) is 6.85. The standard InChI is InChI=1S/C11H13N3/c1-3-9-8-5-6-12-7-10(8)14-11(4-2)13-9/h5-7H,3-4H2,1-2H3. The maximum Gasteiger partial charge on any atom is 0.129 e. The van der Waals surface area contributed by atoms with Crippen molar-refractivity contribution in [2.45, 2.75) is 26.7 Å². The van der Waals surface area contributed by atoms with Crippen LogP contribution in [0.15, 0.2) is 18.5 Å². The van der Waals surface area contributed by atoms with Crippen molar-refractivity contribution in [1.29, 1.82) is 0 Å². The van der Waals surface area contributed by atoms with Crippen LogP contribution >= 0.6 is 0 Å². The average molecular weight is 187 g/mol. The molecule has 3 heteroatoms. The molecule has 2 heterocycles. The summed E-state index contributed by atoms with van der Waals surface area (Å²) < 4.78 is 0. The predicted molar refractivity (Wildman–Crippen MR) is 56.1 cm³/mol. The first kappa shape index (κ1) is 9.06. The van der Waals surface area contributed by atoms with Crippen molar-refractivity contribution in [3.8, 4) is 0 Å². The van der Waals surface area contributed by atoms with Crippen LogP contribution in [0, 0.1) is 0 Å². The minimum Gasteiger partial charge on any atom is -0.262 e. The fourth-order valence-corrected chi connectivity index (χ4v) is 1.53. The van der Waals surface area contributed by atoms with Gasteiger partial charge < -0.3 is 0 Å². The van der Waals surface area contributed by atoms with E-state index in [0.29, 0.717) is 0 Å². The number of nitrogens with zero attached hydrogens (tertiary/aromatic N) is 3. The van der Waals surface area contributed by atoms with E-state index in [1.807, 2.05) is 6.07 Å². The van der Waals surface area contributed by atoms with E-state index in [-0.39, 0.29) is 0 Å². The lowest BCUT2D eigenvalue weighted by Crippen LogP contribution is -1.99. The van der Waals surface area contributed by atoms with Crippen LogP contribution in [0.4, 0.5) is 0 Å². The Morgan fingerprint density at radius 3 is 2.71 bits per heavy atom. The molecule has 0 saturated heterocycles. The van der Waals surface area contributed by atoms with Crippen molar-refractivity contribution >= 4 is 10.9 Å². The zero-order valence-electron chi connectivity index (χ0n) is 8.49. The summed E-state index contributed by atoms with van der Waals surface area (Å²) in [6, 6.07) is 1.98. The molecule has 0 radical (unpaired) electrons. The fourth-order valence-electron chi connectivity index (χ4n) is 1.53. The molecular formula is C11H13N3. The average Bonchev–Trinajstić information content (AvgIpc) is 2.27. The summed E-state index contributed by atoms with van der Waals surface area (Å²) in [4.78, 5) is 13.0. The molecule has 3 nitrogen and oxygen atoms in total. The molecule has 0 fully saturated rings. The van der Waals surface area contributed by atoms with Crippen LogP contribution in [-0.2, 0) is 12.8 Å². The molecule has 0 unspecified atom stereocenters. The zero-order valence-corrected chi connectivity index (χ0v) is 8.49. The maximum absolute atomic E-state index is 4.50. The van der Waals surface area contributed by atoms with Gasteiger partial charge >= 0.3 is 0 Å². The Bertz CT molecular complexity index is 451. The minimum atomic E-state index is 0.873. The van der Waals surface area contributed by atoms with E-state index in [1.54, 1.807) is 12.4 Å². The lowest BCUT2D eigenvalue weighted by Gasteiger charge is -2.04. The van der Waals surface area contributed by atoms with Crippen molar-refractivity contribution in [2.24, 2.45) is 0 Å². The number of hydrogen-bond acceptors (Lipinski definition) is 3. The van der Waals surface area contributed by atoms with E-state index in [0.717, 1.165) is 35.3 Å². The van der Waals surface area contributed by atoms with Gasteiger partial charge in [-0.1, -0.05) is 13.8 Å². The summed E-state index contributed by atoms with van der Waals surface area (Å²) in [6.45, 7) is 4.18. The molecule has 0 bridgehead atoms. The van der Waals surface area contributed by atoms with Crippen LogP contribution in [0.3, 0.4) is 0 Å². The molecule has 0 spiro atoms. The van der Waals surface area contributed by atoms with E-state index in [4.69, 9.17) is 0 Å². The summed E-state index contributed by atoms with van der Waals surface area (Å²) in [6.07, 6.45) is 5.40. The molecule has 0 aliphatic heterocycles. The molecule has 0 N–H and O–H groups in total. The Balaban J connectivity index is 2.73. The van der Waals surface area contributed by atoms with Crippen LogP contribution < -0.4 is 0 Å². The molecule has 72 valence electrons. The summed E-state index contributed by atoms with van der Waals surface area (Å²) in [5.74, 6) is 0.905. The SMILES string of the molecule is CCc1nc(CC)c2ccncc2n1. The predicted octanol–water partition coefficient (Wildman–Crippen LogP) is 2.15. The minimum absolute atomic E-state index is 0.873. The van der Waals surface area contributed by atoms with Gasteiger partial charge in [-0.3, -0.25) is 4.98 Å². The molecule has 0 saturated carbocycles. The van der Waals surface area contributed by atoms with Crippen LogP contribution in [0.5, 0.6) is 0 Å². The van der Waals surface area contributed by atoms with Gasteiger partial charge in [0, 0.05) is 18.0 Å².